The second kappa shape index (κ2) is 9.12. The molecule has 6 nitrogen and oxygen atoms in total. The number of ether oxygens (including phenoxy) is 1. The molecule has 0 spiro atoms. The molecule has 1 amide bonds. The van der Waals surface area contributed by atoms with Gasteiger partial charge >= 0.3 is 0 Å². The maximum Gasteiger partial charge on any atom is 0.239 e. The number of amides is 1. The number of hydrogen-bond donors (Lipinski definition) is 1. The average Bonchev–Trinajstić information content (AvgIpc) is 3.10. The Morgan fingerprint density at radius 2 is 2.07 bits per heavy atom. The molecule has 8 heteroatoms. The highest BCUT2D eigenvalue weighted by atomic mass is 35.5. The van der Waals surface area contributed by atoms with Gasteiger partial charge in [0.1, 0.15) is 17.0 Å². The summed E-state index contributed by atoms with van der Waals surface area (Å²) in [4.78, 5) is 23.8. The molecule has 0 aliphatic rings. The summed E-state index contributed by atoms with van der Waals surface area (Å²) in [6.07, 6.45) is 2.32. The van der Waals surface area contributed by atoms with E-state index in [0.717, 1.165) is 33.6 Å². The van der Waals surface area contributed by atoms with E-state index in [9.17, 15) is 4.79 Å². The lowest BCUT2D eigenvalue weighted by Gasteiger charge is -2.19. The zero-order valence-corrected chi connectivity index (χ0v) is 16.8. The van der Waals surface area contributed by atoms with Crippen LogP contribution in [0.3, 0.4) is 0 Å². The third-order valence-electron chi connectivity index (χ3n) is 4.10. The SMILES string of the molecule is COCCCNC(=O)CN(C)c1ncnc2scc(-c3ccc(Cl)cc3)c12. The average molecular weight is 405 g/mol. The van der Waals surface area contributed by atoms with Crippen molar-refractivity contribution in [3.8, 4) is 11.1 Å². The minimum atomic E-state index is -0.0522. The standard InChI is InChI=1S/C19H21ClN4O2S/c1-24(10-16(25)21-8-3-9-26-2)18-17-15(11-27-19(17)23-12-22-18)13-4-6-14(20)7-5-13/h4-7,11-12H,3,8-10H2,1-2H3,(H,21,25). The smallest absolute Gasteiger partial charge is 0.239 e. The molecule has 0 fully saturated rings. The van der Waals surface area contributed by atoms with Crippen molar-refractivity contribution in [2.24, 2.45) is 0 Å². The molecular formula is C19H21ClN4O2S. The second-order valence-corrected chi connectivity index (χ2v) is 7.38. The molecule has 142 valence electrons. The Bertz CT molecular complexity index is 914. The Labute approximate surface area is 167 Å². The van der Waals surface area contributed by atoms with E-state index in [1.807, 2.05) is 36.2 Å². The molecule has 1 N–H and O–H groups in total. The molecule has 0 aliphatic heterocycles. The van der Waals surface area contributed by atoms with Crippen LogP contribution in [0.2, 0.25) is 5.02 Å². The van der Waals surface area contributed by atoms with Crippen LogP contribution in [-0.4, -0.2) is 49.7 Å². The van der Waals surface area contributed by atoms with Gasteiger partial charge < -0.3 is 15.0 Å². The number of halogens is 1. The first-order valence-electron chi connectivity index (χ1n) is 8.55. The van der Waals surface area contributed by atoms with E-state index < -0.39 is 0 Å². The number of nitrogens with one attached hydrogen (secondary N) is 1. The first-order chi connectivity index (χ1) is 13.1. The van der Waals surface area contributed by atoms with Gasteiger partial charge in [0.2, 0.25) is 5.91 Å². The van der Waals surface area contributed by atoms with Gasteiger partial charge in [-0.05, 0) is 24.1 Å². The number of likely N-dealkylation sites (N-methyl/N-ethyl adjacent to an activating group) is 1. The summed E-state index contributed by atoms with van der Waals surface area (Å²) >= 11 is 7.57. The van der Waals surface area contributed by atoms with E-state index in [-0.39, 0.29) is 12.5 Å². The summed E-state index contributed by atoms with van der Waals surface area (Å²) in [7, 11) is 3.51. The van der Waals surface area contributed by atoms with Crippen molar-refractivity contribution in [1.82, 2.24) is 15.3 Å². The van der Waals surface area contributed by atoms with Crippen molar-refractivity contribution >= 4 is 44.9 Å². The predicted molar refractivity (Wildman–Crippen MR) is 111 cm³/mol. The molecule has 27 heavy (non-hydrogen) atoms. The molecule has 1 aromatic carbocycles. The first-order valence-corrected chi connectivity index (χ1v) is 9.81. The summed E-state index contributed by atoms with van der Waals surface area (Å²) in [5, 5.41) is 6.59. The van der Waals surface area contributed by atoms with Gasteiger partial charge in [-0.25, -0.2) is 9.97 Å². The van der Waals surface area contributed by atoms with Crippen molar-refractivity contribution < 1.29 is 9.53 Å². The lowest BCUT2D eigenvalue weighted by atomic mass is 10.1. The van der Waals surface area contributed by atoms with Gasteiger partial charge in [-0.2, -0.15) is 0 Å². The molecule has 0 saturated carbocycles. The highest BCUT2D eigenvalue weighted by Crippen LogP contribution is 2.37. The monoisotopic (exact) mass is 404 g/mol. The number of thiophene rings is 1. The quantitative estimate of drug-likeness (QED) is 0.581. The second-order valence-electron chi connectivity index (χ2n) is 6.09. The van der Waals surface area contributed by atoms with E-state index in [1.165, 1.54) is 6.33 Å². The maximum absolute atomic E-state index is 12.2. The summed E-state index contributed by atoms with van der Waals surface area (Å²) in [5.74, 6) is 0.682. The maximum atomic E-state index is 12.2. The van der Waals surface area contributed by atoms with E-state index in [2.05, 4.69) is 20.7 Å². The molecular weight excluding hydrogens is 384 g/mol. The fourth-order valence-electron chi connectivity index (χ4n) is 2.78. The van der Waals surface area contributed by atoms with Crippen molar-refractivity contribution in [2.75, 3.05) is 38.8 Å². The lowest BCUT2D eigenvalue weighted by molar-refractivity contribution is -0.119. The van der Waals surface area contributed by atoms with Crippen molar-refractivity contribution in [1.29, 1.82) is 0 Å². The van der Waals surface area contributed by atoms with Crippen LogP contribution in [0.5, 0.6) is 0 Å². The Kier molecular flexibility index (Phi) is 6.60. The van der Waals surface area contributed by atoms with Gasteiger partial charge in [0.05, 0.1) is 11.9 Å². The van der Waals surface area contributed by atoms with E-state index in [4.69, 9.17) is 16.3 Å². The third kappa shape index (κ3) is 4.74. The van der Waals surface area contributed by atoms with Crippen LogP contribution in [0.4, 0.5) is 5.82 Å². The summed E-state index contributed by atoms with van der Waals surface area (Å²) in [6, 6.07) is 7.67. The fraction of sp³-hybridized carbons (Fsp3) is 0.316. The zero-order chi connectivity index (χ0) is 19.2. The van der Waals surface area contributed by atoms with E-state index in [0.29, 0.717) is 18.2 Å². The van der Waals surface area contributed by atoms with Crippen LogP contribution in [0, 0.1) is 0 Å². The lowest BCUT2D eigenvalue weighted by Crippen LogP contribution is -2.36. The first kappa shape index (κ1) is 19.5. The largest absolute Gasteiger partial charge is 0.385 e. The molecule has 0 saturated heterocycles. The number of aromatic nitrogens is 2. The molecule has 0 aliphatic carbocycles. The topological polar surface area (TPSA) is 67.3 Å². The number of hydrogen-bond acceptors (Lipinski definition) is 6. The van der Waals surface area contributed by atoms with Crippen molar-refractivity contribution in [3.05, 3.63) is 41.0 Å². The van der Waals surface area contributed by atoms with Gasteiger partial charge in [-0.1, -0.05) is 23.7 Å². The number of anilines is 1. The fourth-order valence-corrected chi connectivity index (χ4v) is 3.82. The molecule has 0 bridgehead atoms. The van der Waals surface area contributed by atoms with Crippen LogP contribution in [0.25, 0.3) is 21.3 Å². The summed E-state index contributed by atoms with van der Waals surface area (Å²) in [5.41, 5.74) is 2.08. The van der Waals surface area contributed by atoms with Crippen LogP contribution < -0.4 is 10.2 Å². The van der Waals surface area contributed by atoms with Crippen LogP contribution >= 0.6 is 22.9 Å². The summed E-state index contributed by atoms with van der Waals surface area (Å²) < 4.78 is 4.99. The Hall–Kier alpha value is -2.22. The number of carbonyl (C=O) groups excluding carboxylic acids is 1. The number of carbonyl (C=O) groups is 1. The van der Waals surface area contributed by atoms with Crippen molar-refractivity contribution in [2.45, 2.75) is 6.42 Å². The van der Waals surface area contributed by atoms with Gasteiger partial charge in [-0.15, -0.1) is 11.3 Å². The molecule has 0 unspecified atom stereocenters. The molecule has 2 aromatic heterocycles. The van der Waals surface area contributed by atoms with Crippen LogP contribution in [0.15, 0.2) is 36.0 Å². The molecule has 2 heterocycles. The molecule has 3 aromatic rings. The predicted octanol–water partition coefficient (Wildman–Crippen LogP) is 3.60. The van der Waals surface area contributed by atoms with E-state index >= 15 is 0 Å². The van der Waals surface area contributed by atoms with Crippen LogP contribution in [-0.2, 0) is 9.53 Å². The van der Waals surface area contributed by atoms with Crippen molar-refractivity contribution in [3.63, 3.8) is 0 Å². The normalized spacial score (nSPS) is 10.9. The van der Waals surface area contributed by atoms with Gasteiger partial charge in [-0.3, -0.25) is 4.79 Å². The molecule has 3 rings (SSSR count). The number of methoxy groups -OCH3 is 1. The zero-order valence-electron chi connectivity index (χ0n) is 15.2. The Morgan fingerprint density at radius 3 is 2.81 bits per heavy atom. The molecule has 0 radical (unpaired) electrons. The number of rotatable bonds is 8. The summed E-state index contributed by atoms with van der Waals surface area (Å²) in [6.45, 7) is 1.44. The number of benzene rings is 1. The Morgan fingerprint density at radius 1 is 1.30 bits per heavy atom. The van der Waals surface area contributed by atoms with Gasteiger partial charge in [0.15, 0.2) is 0 Å². The Balaban J connectivity index is 1.82. The van der Waals surface area contributed by atoms with Gasteiger partial charge in [0, 0.05) is 43.3 Å². The number of fused-ring (bicyclic) bond motifs is 1. The number of nitrogens with zero attached hydrogens (tertiary/aromatic N) is 3. The minimum Gasteiger partial charge on any atom is -0.385 e. The third-order valence-corrected chi connectivity index (χ3v) is 5.23. The highest BCUT2D eigenvalue weighted by Gasteiger charge is 2.17. The van der Waals surface area contributed by atoms with Crippen LogP contribution in [0.1, 0.15) is 6.42 Å². The highest BCUT2D eigenvalue weighted by molar-refractivity contribution is 7.17. The van der Waals surface area contributed by atoms with Gasteiger partial charge in [0.25, 0.3) is 0 Å². The molecule has 0 atom stereocenters. The van der Waals surface area contributed by atoms with E-state index in [1.54, 1.807) is 18.4 Å². The minimum absolute atomic E-state index is 0.0522.